The van der Waals surface area contributed by atoms with Gasteiger partial charge in [0.25, 0.3) is 0 Å². The maximum absolute atomic E-state index is 13.5. The summed E-state index contributed by atoms with van der Waals surface area (Å²) in [6.45, 7) is 3.65. The van der Waals surface area contributed by atoms with E-state index in [9.17, 15) is 19.8 Å². The van der Waals surface area contributed by atoms with Crippen molar-refractivity contribution in [1.82, 2.24) is 0 Å². The maximum atomic E-state index is 13.5. The third-order valence-corrected chi connectivity index (χ3v) is 10.5. The number of carbonyl (C=O) groups is 2. The van der Waals surface area contributed by atoms with Gasteiger partial charge in [-0.1, -0.05) is 37.6 Å². The quantitative estimate of drug-likeness (QED) is 0.618. The van der Waals surface area contributed by atoms with Gasteiger partial charge in [0.05, 0.1) is 12.2 Å². The highest BCUT2D eigenvalue weighted by Crippen LogP contribution is 2.70. The first-order chi connectivity index (χ1) is 16.2. The SMILES string of the molecule is C[C@]12C=CC(=O)C=C1CC[C@@H]1[C@@H]2[C@@H](O)C[C@@]2(C)[C@H]1C[C@H]1OC(C3CC=CCC3)O[C@]12C(=O)CO. The molecular formula is C28H36O6. The predicted octanol–water partition coefficient (Wildman–Crippen LogP) is 3.27. The van der Waals surface area contributed by atoms with Gasteiger partial charge in [0.1, 0.15) is 6.61 Å². The van der Waals surface area contributed by atoms with E-state index in [1.807, 2.05) is 6.08 Å². The van der Waals surface area contributed by atoms with Crippen LogP contribution in [0.25, 0.3) is 0 Å². The fourth-order valence-electron chi connectivity index (χ4n) is 8.99. The van der Waals surface area contributed by atoms with Crippen molar-refractivity contribution in [3.63, 3.8) is 0 Å². The molecule has 184 valence electrons. The van der Waals surface area contributed by atoms with E-state index in [0.29, 0.717) is 12.8 Å². The molecule has 0 amide bonds. The molecule has 3 saturated carbocycles. The third kappa shape index (κ3) is 2.83. The second kappa shape index (κ2) is 7.70. The van der Waals surface area contributed by atoms with Crippen LogP contribution in [-0.2, 0) is 19.1 Å². The number of aliphatic hydroxyl groups is 2. The first kappa shape index (κ1) is 22.8. The lowest BCUT2D eigenvalue weighted by molar-refractivity contribution is -0.208. The highest BCUT2D eigenvalue weighted by molar-refractivity contribution is 6.01. The molecule has 1 heterocycles. The minimum Gasteiger partial charge on any atom is -0.393 e. The van der Waals surface area contributed by atoms with Gasteiger partial charge in [0.15, 0.2) is 23.5 Å². The summed E-state index contributed by atoms with van der Waals surface area (Å²) in [6, 6.07) is 0. The summed E-state index contributed by atoms with van der Waals surface area (Å²) in [4.78, 5) is 25.5. The molecule has 4 fully saturated rings. The number of Topliss-reactive ketones (excluding diaryl/α,β-unsaturated/α-hetero) is 1. The molecule has 2 unspecified atom stereocenters. The number of allylic oxidation sites excluding steroid dienone is 6. The summed E-state index contributed by atoms with van der Waals surface area (Å²) >= 11 is 0. The van der Waals surface area contributed by atoms with Crippen LogP contribution < -0.4 is 0 Å². The number of ketones is 2. The maximum Gasteiger partial charge on any atom is 0.193 e. The second-order valence-electron chi connectivity index (χ2n) is 11.9. The Morgan fingerprint density at radius 2 is 2.06 bits per heavy atom. The highest BCUT2D eigenvalue weighted by atomic mass is 16.7. The Morgan fingerprint density at radius 3 is 2.79 bits per heavy atom. The Bertz CT molecular complexity index is 997. The molecule has 10 atom stereocenters. The second-order valence-corrected chi connectivity index (χ2v) is 11.9. The minimum absolute atomic E-state index is 0.0192. The summed E-state index contributed by atoms with van der Waals surface area (Å²) in [5.74, 6) is 0.217. The van der Waals surface area contributed by atoms with E-state index < -0.39 is 36.1 Å². The fourth-order valence-corrected chi connectivity index (χ4v) is 8.99. The molecule has 0 aromatic carbocycles. The minimum atomic E-state index is -1.22. The number of carbonyl (C=O) groups excluding carboxylic acids is 2. The Kier molecular flexibility index (Phi) is 5.17. The van der Waals surface area contributed by atoms with Crippen molar-refractivity contribution in [2.75, 3.05) is 6.61 Å². The number of hydrogen-bond acceptors (Lipinski definition) is 6. The zero-order valence-corrected chi connectivity index (χ0v) is 20.1. The lowest BCUT2D eigenvalue weighted by atomic mass is 9.46. The van der Waals surface area contributed by atoms with Crippen LogP contribution in [0.2, 0.25) is 0 Å². The van der Waals surface area contributed by atoms with Crippen molar-refractivity contribution in [3.8, 4) is 0 Å². The summed E-state index contributed by atoms with van der Waals surface area (Å²) in [7, 11) is 0. The monoisotopic (exact) mass is 468 g/mol. The number of fused-ring (bicyclic) bond motifs is 7. The molecule has 0 aromatic rings. The smallest absolute Gasteiger partial charge is 0.193 e. The molecule has 0 aromatic heterocycles. The van der Waals surface area contributed by atoms with Crippen LogP contribution in [0, 0.1) is 34.5 Å². The molecule has 6 heteroatoms. The van der Waals surface area contributed by atoms with E-state index in [2.05, 4.69) is 26.0 Å². The average molecular weight is 469 g/mol. The van der Waals surface area contributed by atoms with Crippen molar-refractivity contribution in [2.24, 2.45) is 34.5 Å². The number of ether oxygens (including phenoxy) is 2. The summed E-state index contributed by atoms with van der Waals surface area (Å²) < 4.78 is 13.2. The van der Waals surface area contributed by atoms with E-state index in [1.165, 1.54) is 0 Å². The van der Waals surface area contributed by atoms with Crippen molar-refractivity contribution in [2.45, 2.75) is 82.9 Å². The van der Waals surface area contributed by atoms with Gasteiger partial charge < -0.3 is 19.7 Å². The Labute approximate surface area is 201 Å². The molecule has 5 aliphatic carbocycles. The van der Waals surface area contributed by atoms with Gasteiger partial charge in [-0.2, -0.15) is 0 Å². The fraction of sp³-hybridized carbons (Fsp3) is 0.714. The van der Waals surface area contributed by atoms with Crippen LogP contribution in [0.1, 0.15) is 58.8 Å². The van der Waals surface area contributed by atoms with Crippen LogP contribution in [0.15, 0.2) is 36.0 Å². The summed E-state index contributed by atoms with van der Waals surface area (Å²) in [5.41, 5.74) is -1.09. The third-order valence-electron chi connectivity index (χ3n) is 10.5. The van der Waals surface area contributed by atoms with Crippen molar-refractivity contribution in [3.05, 3.63) is 36.0 Å². The van der Waals surface area contributed by atoms with Crippen molar-refractivity contribution < 1.29 is 29.3 Å². The first-order valence-electron chi connectivity index (χ1n) is 13.0. The number of hydrogen-bond donors (Lipinski definition) is 2. The summed E-state index contributed by atoms with van der Waals surface area (Å²) in [5, 5.41) is 21.7. The van der Waals surface area contributed by atoms with Gasteiger partial charge in [-0.25, -0.2) is 0 Å². The lowest BCUT2D eigenvalue weighted by Crippen LogP contribution is -2.63. The van der Waals surface area contributed by atoms with Crippen LogP contribution in [0.4, 0.5) is 0 Å². The molecule has 6 aliphatic rings. The Morgan fingerprint density at radius 1 is 1.24 bits per heavy atom. The number of aliphatic hydroxyl groups excluding tert-OH is 2. The van der Waals surface area contributed by atoms with E-state index in [1.54, 1.807) is 12.2 Å². The van der Waals surface area contributed by atoms with Crippen LogP contribution in [0.3, 0.4) is 0 Å². The predicted molar refractivity (Wildman–Crippen MR) is 124 cm³/mol. The normalized spacial score (nSPS) is 51.4. The standard InChI is InChI=1S/C28H36O6/c1-26-11-10-18(30)12-17(26)8-9-19-20-13-23-28(22(32)15-29,27(20,2)14-21(31)24(19)26)34-25(33-23)16-6-4-3-5-7-16/h3-4,10-12,16,19-21,23-25,29,31H,5-9,13-15H2,1-2H3/t16?,19-,20-,21-,23+,24+,25?,26-,27-,28+/m0/s1. The molecule has 0 spiro atoms. The van der Waals surface area contributed by atoms with Gasteiger partial charge in [-0.05, 0) is 68.9 Å². The average Bonchev–Trinajstić information content (AvgIpc) is 3.32. The van der Waals surface area contributed by atoms with Crippen molar-refractivity contribution >= 4 is 11.6 Å². The van der Waals surface area contributed by atoms with Gasteiger partial charge in [0, 0.05) is 22.7 Å². The van der Waals surface area contributed by atoms with Crippen LogP contribution in [-0.4, -0.2) is 52.5 Å². The number of rotatable bonds is 3. The van der Waals surface area contributed by atoms with Crippen LogP contribution in [0.5, 0.6) is 0 Å². The van der Waals surface area contributed by atoms with E-state index in [0.717, 1.165) is 37.7 Å². The topological polar surface area (TPSA) is 93.1 Å². The molecule has 0 bridgehead atoms. The zero-order valence-electron chi connectivity index (χ0n) is 20.1. The Balaban J connectivity index is 1.37. The Hall–Kier alpha value is -1.60. The first-order valence-corrected chi connectivity index (χ1v) is 13.0. The van der Waals surface area contributed by atoms with E-state index >= 15 is 0 Å². The van der Waals surface area contributed by atoms with Gasteiger partial charge in [-0.3, -0.25) is 9.59 Å². The summed E-state index contributed by atoms with van der Waals surface area (Å²) in [6.07, 6.45) is 13.9. The molecule has 34 heavy (non-hydrogen) atoms. The molecular weight excluding hydrogens is 432 g/mol. The molecule has 6 rings (SSSR count). The largest absolute Gasteiger partial charge is 0.393 e. The van der Waals surface area contributed by atoms with Crippen molar-refractivity contribution in [1.29, 1.82) is 0 Å². The van der Waals surface area contributed by atoms with Gasteiger partial charge in [-0.15, -0.1) is 0 Å². The molecule has 1 saturated heterocycles. The van der Waals surface area contributed by atoms with E-state index in [-0.39, 0.29) is 40.7 Å². The van der Waals surface area contributed by atoms with Gasteiger partial charge >= 0.3 is 0 Å². The highest BCUT2D eigenvalue weighted by Gasteiger charge is 2.76. The molecule has 0 radical (unpaired) electrons. The lowest BCUT2D eigenvalue weighted by Gasteiger charge is -2.59. The van der Waals surface area contributed by atoms with Crippen LogP contribution >= 0.6 is 0 Å². The molecule has 6 nitrogen and oxygen atoms in total. The molecule has 2 N–H and O–H groups in total. The van der Waals surface area contributed by atoms with Gasteiger partial charge in [0.2, 0.25) is 0 Å². The molecule has 1 aliphatic heterocycles. The van der Waals surface area contributed by atoms with E-state index in [4.69, 9.17) is 9.47 Å². The zero-order chi connectivity index (χ0) is 23.9.